The highest BCUT2D eigenvalue weighted by atomic mass is 16.5. The first-order chi connectivity index (χ1) is 15.5. The minimum atomic E-state index is -0.522. The Hall–Kier alpha value is -2.82. The summed E-state index contributed by atoms with van der Waals surface area (Å²) in [5, 5.41) is 3.21. The van der Waals surface area contributed by atoms with Crippen LogP contribution in [0.25, 0.3) is 0 Å². The predicted octanol–water partition coefficient (Wildman–Crippen LogP) is 4.94. The molecule has 1 aliphatic carbocycles. The highest BCUT2D eigenvalue weighted by molar-refractivity contribution is 5.88. The molecular formula is C27H36N2O3. The second kappa shape index (κ2) is 11.7. The summed E-state index contributed by atoms with van der Waals surface area (Å²) in [6.45, 7) is 6.27. The average Bonchev–Trinajstić information content (AvgIpc) is 2.78. The minimum absolute atomic E-state index is 0.0593. The predicted molar refractivity (Wildman–Crippen MR) is 127 cm³/mol. The normalized spacial score (nSPS) is 15.1. The molecule has 3 rings (SSSR count). The number of nitrogens with one attached hydrogen (secondary N) is 1. The molecule has 0 spiro atoms. The number of hydrogen-bond acceptors (Lipinski definition) is 3. The Morgan fingerprint density at radius 2 is 1.72 bits per heavy atom. The molecule has 172 valence electrons. The molecule has 0 aliphatic heterocycles. The van der Waals surface area contributed by atoms with Crippen LogP contribution in [-0.4, -0.2) is 35.4 Å². The Bertz CT molecular complexity index is 905. The van der Waals surface area contributed by atoms with E-state index in [1.54, 1.807) is 4.90 Å². The quantitative estimate of drug-likeness (QED) is 0.606. The summed E-state index contributed by atoms with van der Waals surface area (Å²) in [6, 6.07) is 15.4. The summed E-state index contributed by atoms with van der Waals surface area (Å²) in [6.07, 6.45) is 6.13. The molecule has 0 saturated heterocycles. The van der Waals surface area contributed by atoms with Gasteiger partial charge in [-0.15, -0.1) is 0 Å². The number of ether oxygens (including phenoxy) is 1. The summed E-state index contributed by atoms with van der Waals surface area (Å²) >= 11 is 0. The van der Waals surface area contributed by atoms with Gasteiger partial charge < -0.3 is 15.0 Å². The Kier molecular flexibility index (Phi) is 8.72. The largest absolute Gasteiger partial charge is 0.484 e. The number of hydrogen-bond donors (Lipinski definition) is 1. The van der Waals surface area contributed by atoms with Gasteiger partial charge in [0.25, 0.3) is 5.91 Å². The van der Waals surface area contributed by atoms with Gasteiger partial charge in [0, 0.05) is 12.6 Å². The summed E-state index contributed by atoms with van der Waals surface area (Å²) < 4.78 is 5.79. The number of carbonyl (C=O) groups is 2. The summed E-state index contributed by atoms with van der Waals surface area (Å²) in [7, 11) is 0. The van der Waals surface area contributed by atoms with Crippen molar-refractivity contribution in [3.63, 3.8) is 0 Å². The zero-order chi connectivity index (χ0) is 22.9. The van der Waals surface area contributed by atoms with Gasteiger partial charge in [0.15, 0.2) is 6.61 Å². The molecule has 1 aliphatic rings. The van der Waals surface area contributed by atoms with Crippen LogP contribution >= 0.6 is 0 Å². The average molecular weight is 437 g/mol. The van der Waals surface area contributed by atoms with Gasteiger partial charge in [-0.3, -0.25) is 9.59 Å². The van der Waals surface area contributed by atoms with Crippen LogP contribution in [0.4, 0.5) is 0 Å². The van der Waals surface area contributed by atoms with Gasteiger partial charge >= 0.3 is 0 Å². The Morgan fingerprint density at radius 3 is 2.38 bits per heavy atom. The van der Waals surface area contributed by atoms with E-state index in [0.717, 1.165) is 42.4 Å². The first-order valence-corrected chi connectivity index (χ1v) is 11.8. The van der Waals surface area contributed by atoms with E-state index in [4.69, 9.17) is 4.74 Å². The van der Waals surface area contributed by atoms with Crippen molar-refractivity contribution in [3.05, 3.63) is 65.2 Å². The van der Waals surface area contributed by atoms with Crippen molar-refractivity contribution >= 4 is 11.8 Å². The summed E-state index contributed by atoms with van der Waals surface area (Å²) in [4.78, 5) is 28.2. The van der Waals surface area contributed by atoms with E-state index < -0.39 is 6.04 Å². The molecule has 1 atom stereocenters. The molecule has 1 fully saturated rings. The summed E-state index contributed by atoms with van der Waals surface area (Å²) in [5.41, 5.74) is 3.22. The van der Waals surface area contributed by atoms with Crippen LogP contribution in [0.1, 0.15) is 62.1 Å². The van der Waals surface area contributed by atoms with Gasteiger partial charge in [-0.1, -0.05) is 68.1 Å². The van der Waals surface area contributed by atoms with Crippen LogP contribution in [0.5, 0.6) is 5.75 Å². The second-order valence-corrected chi connectivity index (χ2v) is 8.88. The van der Waals surface area contributed by atoms with Gasteiger partial charge in [0.2, 0.25) is 5.91 Å². The molecule has 0 radical (unpaired) electrons. The van der Waals surface area contributed by atoms with E-state index in [1.165, 1.54) is 6.42 Å². The van der Waals surface area contributed by atoms with E-state index in [1.807, 2.05) is 63.2 Å². The topological polar surface area (TPSA) is 58.6 Å². The lowest BCUT2D eigenvalue weighted by molar-refractivity contribution is -0.143. The van der Waals surface area contributed by atoms with Crippen molar-refractivity contribution < 1.29 is 14.3 Å². The molecule has 2 aromatic carbocycles. The van der Waals surface area contributed by atoms with Crippen molar-refractivity contribution in [1.82, 2.24) is 10.2 Å². The molecule has 2 aromatic rings. The fourth-order valence-corrected chi connectivity index (χ4v) is 4.40. The van der Waals surface area contributed by atoms with Crippen LogP contribution in [-0.2, 0) is 16.1 Å². The third-order valence-corrected chi connectivity index (χ3v) is 6.12. The van der Waals surface area contributed by atoms with E-state index in [0.29, 0.717) is 18.7 Å². The molecule has 5 nitrogen and oxygen atoms in total. The van der Waals surface area contributed by atoms with Crippen LogP contribution in [0, 0.1) is 13.8 Å². The SMILES string of the molecule is CC[C@@H](C(=O)NC1CCCCC1)N(Cc1cccc(C)c1)C(=O)COc1cccc(C)c1. The van der Waals surface area contributed by atoms with E-state index in [2.05, 4.69) is 11.4 Å². The maximum Gasteiger partial charge on any atom is 0.261 e. The number of rotatable bonds is 9. The van der Waals surface area contributed by atoms with Gasteiger partial charge in [-0.2, -0.15) is 0 Å². The van der Waals surface area contributed by atoms with Crippen LogP contribution < -0.4 is 10.1 Å². The van der Waals surface area contributed by atoms with E-state index >= 15 is 0 Å². The van der Waals surface area contributed by atoms with Gasteiger partial charge in [-0.25, -0.2) is 0 Å². The lowest BCUT2D eigenvalue weighted by Gasteiger charge is -2.32. The molecule has 2 amide bonds. The Morgan fingerprint density at radius 1 is 1.03 bits per heavy atom. The zero-order valence-electron chi connectivity index (χ0n) is 19.6. The molecular weight excluding hydrogens is 400 g/mol. The summed E-state index contributed by atoms with van der Waals surface area (Å²) in [5.74, 6) is 0.420. The smallest absolute Gasteiger partial charge is 0.261 e. The van der Waals surface area contributed by atoms with Gasteiger partial charge in [0.05, 0.1) is 0 Å². The second-order valence-electron chi connectivity index (χ2n) is 8.88. The molecule has 5 heteroatoms. The highest BCUT2D eigenvalue weighted by Crippen LogP contribution is 2.20. The van der Waals surface area contributed by atoms with Gasteiger partial charge in [-0.05, 0) is 56.4 Å². The first-order valence-electron chi connectivity index (χ1n) is 11.8. The molecule has 1 saturated carbocycles. The monoisotopic (exact) mass is 436 g/mol. The lowest BCUT2D eigenvalue weighted by atomic mass is 9.95. The fraction of sp³-hybridized carbons (Fsp3) is 0.481. The van der Waals surface area contributed by atoms with Crippen LogP contribution in [0.15, 0.2) is 48.5 Å². The first kappa shape index (κ1) is 23.8. The van der Waals surface area contributed by atoms with E-state index in [-0.39, 0.29) is 24.5 Å². The van der Waals surface area contributed by atoms with E-state index in [9.17, 15) is 9.59 Å². The van der Waals surface area contributed by atoms with Crippen molar-refractivity contribution in [2.45, 2.75) is 77.9 Å². The number of nitrogens with zero attached hydrogens (tertiary/aromatic N) is 1. The maximum absolute atomic E-state index is 13.3. The third kappa shape index (κ3) is 6.84. The van der Waals surface area contributed by atoms with Crippen molar-refractivity contribution in [3.8, 4) is 5.75 Å². The van der Waals surface area contributed by atoms with Crippen LogP contribution in [0.2, 0.25) is 0 Å². The maximum atomic E-state index is 13.3. The molecule has 32 heavy (non-hydrogen) atoms. The van der Waals surface area contributed by atoms with Gasteiger partial charge in [0.1, 0.15) is 11.8 Å². The highest BCUT2D eigenvalue weighted by Gasteiger charge is 2.30. The Balaban J connectivity index is 1.75. The van der Waals surface area contributed by atoms with Crippen molar-refractivity contribution in [2.75, 3.05) is 6.61 Å². The molecule has 0 heterocycles. The van der Waals surface area contributed by atoms with Crippen molar-refractivity contribution in [1.29, 1.82) is 0 Å². The molecule has 0 aromatic heterocycles. The van der Waals surface area contributed by atoms with Crippen LogP contribution in [0.3, 0.4) is 0 Å². The fourth-order valence-electron chi connectivity index (χ4n) is 4.40. The molecule has 1 N–H and O–H groups in total. The minimum Gasteiger partial charge on any atom is -0.484 e. The number of benzene rings is 2. The third-order valence-electron chi connectivity index (χ3n) is 6.12. The zero-order valence-corrected chi connectivity index (χ0v) is 19.6. The lowest BCUT2D eigenvalue weighted by Crippen LogP contribution is -2.52. The number of carbonyl (C=O) groups excluding carboxylic acids is 2. The molecule has 0 bridgehead atoms. The number of aryl methyl sites for hydroxylation is 2. The standard InChI is InChI=1S/C27H36N2O3/c1-4-25(27(31)28-23-13-6-5-7-14-23)29(18-22-12-8-10-20(2)16-22)26(30)19-32-24-15-9-11-21(3)17-24/h8-12,15-17,23,25H,4-7,13-14,18-19H2,1-3H3,(H,28,31)/t25-/m0/s1. The van der Waals surface area contributed by atoms with Crippen molar-refractivity contribution in [2.24, 2.45) is 0 Å². The number of amides is 2. The molecule has 0 unspecified atom stereocenters. The Labute approximate surface area is 192 Å².